The molecule has 1 aromatic carbocycles. The third kappa shape index (κ3) is 4.42. The number of ether oxygens (including phenoxy) is 3. The third-order valence-corrected chi connectivity index (χ3v) is 5.75. The number of rotatable bonds is 6. The molecule has 0 spiro atoms. The minimum absolute atomic E-state index is 0.193. The van der Waals surface area contributed by atoms with Crippen LogP contribution in [0.4, 0.5) is 15.1 Å². The first-order valence-electron chi connectivity index (χ1n) is 11.2. The maximum Gasteiger partial charge on any atom is 0.410 e. The lowest BCUT2D eigenvalue weighted by molar-refractivity contribution is -0.00778. The van der Waals surface area contributed by atoms with Gasteiger partial charge in [-0.3, -0.25) is 0 Å². The number of fused-ring (bicyclic) bond motifs is 2. The maximum atomic E-state index is 14.4. The maximum absolute atomic E-state index is 14.4. The van der Waals surface area contributed by atoms with E-state index in [-0.39, 0.29) is 24.4 Å². The van der Waals surface area contributed by atoms with Gasteiger partial charge in [0.15, 0.2) is 5.75 Å². The molecule has 10 nitrogen and oxygen atoms in total. The molecule has 180 valence electrons. The van der Waals surface area contributed by atoms with E-state index in [0.717, 1.165) is 11.3 Å². The van der Waals surface area contributed by atoms with Crippen LogP contribution in [0.3, 0.4) is 0 Å². The van der Waals surface area contributed by atoms with E-state index in [0.29, 0.717) is 55.6 Å². The van der Waals surface area contributed by atoms with Gasteiger partial charge in [0.1, 0.15) is 23.5 Å². The molecule has 0 radical (unpaired) electrons. The smallest absolute Gasteiger partial charge is 0.410 e. The first-order valence-corrected chi connectivity index (χ1v) is 11.2. The molecule has 0 aliphatic carbocycles. The molecular weight excluding hydrogens is 443 g/mol. The predicted octanol–water partition coefficient (Wildman–Crippen LogP) is 3.06. The normalized spacial score (nSPS) is 15.6. The summed E-state index contributed by atoms with van der Waals surface area (Å²) in [4.78, 5) is 18.2. The standard InChI is InChI=1S/C23H27FN6O4/c1-23(2,3)34-22(31)29-10-14(11-29)12-33-19-9-26-21(30-13-27-28-20(19)30)25-8-16-15-6-7-32-18(15)5-4-17(16)24/h4-5,9,13-14H,6-8,10-12H2,1-3H3,(H,25,26). The second kappa shape index (κ2) is 8.62. The third-order valence-electron chi connectivity index (χ3n) is 5.75. The number of anilines is 1. The lowest BCUT2D eigenvalue weighted by atomic mass is 10.0. The molecule has 0 saturated carbocycles. The van der Waals surface area contributed by atoms with Crippen molar-refractivity contribution in [3.05, 3.63) is 41.6 Å². The van der Waals surface area contributed by atoms with Crippen LogP contribution in [0.15, 0.2) is 24.7 Å². The summed E-state index contributed by atoms with van der Waals surface area (Å²) in [6.45, 7) is 7.90. The highest BCUT2D eigenvalue weighted by molar-refractivity contribution is 5.69. The Morgan fingerprint density at radius 3 is 2.94 bits per heavy atom. The number of halogens is 1. The highest BCUT2D eigenvalue weighted by Crippen LogP contribution is 2.31. The van der Waals surface area contributed by atoms with E-state index < -0.39 is 5.60 Å². The summed E-state index contributed by atoms with van der Waals surface area (Å²) in [6, 6.07) is 3.09. The van der Waals surface area contributed by atoms with Crippen molar-refractivity contribution in [2.24, 2.45) is 5.92 Å². The van der Waals surface area contributed by atoms with Crippen molar-refractivity contribution in [2.75, 3.05) is 31.6 Å². The van der Waals surface area contributed by atoms with E-state index in [4.69, 9.17) is 14.2 Å². The average Bonchev–Trinajstić information content (AvgIpc) is 3.41. The van der Waals surface area contributed by atoms with Crippen molar-refractivity contribution >= 4 is 17.7 Å². The minimum Gasteiger partial charge on any atom is -0.493 e. The van der Waals surface area contributed by atoms with E-state index >= 15 is 0 Å². The van der Waals surface area contributed by atoms with Crippen LogP contribution in [0.5, 0.6) is 11.5 Å². The van der Waals surface area contributed by atoms with Crippen LogP contribution < -0.4 is 14.8 Å². The Morgan fingerprint density at radius 2 is 2.15 bits per heavy atom. The van der Waals surface area contributed by atoms with E-state index in [1.54, 1.807) is 21.6 Å². The zero-order valence-corrected chi connectivity index (χ0v) is 19.4. The van der Waals surface area contributed by atoms with E-state index in [9.17, 15) is 9.18 Å². The summed E-state index contributed by atoms with van der Waals surface area (Å²) in [5.74, 6) is 1.60. The number of nitrogens with zero attached hydrogens (tertiary/aromatic N) is 5. The molecule has 2 aliphatic rings. The van der Waals surface area contributed by atoms with Crippen molar-refractivity contribution in [2.45, 2.75) is 39.3 Å². The first-order chi connectivity index (χ1) is 16.3. The molecule has 0 unspecified atom stereocenters. The summed E-state index contributed by atoms with van der Waals surface area (Å²) in [7, 11) is 0. The Bertz CT molecular complexity index is 1220. The molecule has 1 N–H and O–H groups in total. The molecule has 2 aliphatic heterocycles. The van der Waals surface area contributed by atoms with Crippen LogP contribution in [0.1, 0.15) is 31.9 Å². The second-order valence-corrected chi connectivity index (χ2v) is 9.49. The number of benzene rings is 1. The summed E-state index contributed by atoms with van der Waals surface area (Å²) in [5, 5.41) is 11.3. The van der Waals surface area contributed by atoms with Crippen LogP contribution in [-0.2, 0) is 17.7 Å². The van der Waals surface area contributed by atoms with Gasteiger partial charge >= 0.3 is 6.09 Å². The van der Waals surface area contributed by atoms with Crippen molar-refractivity contribution in [3.63, 3.8) is 0 Å². The first kappa shape index (κ1) is 22.2. The fourth-order valence-electron chi connectivity index (χ4n) is 4.06. The highest BCUT2D eigenvalue weighted by Gasteiger charge is 2.34. The van der Waals surface area contributed by atoms with Gasteiger partial charge in [-0.2, -0.15) is 0 Å². The fraction of sp³-hybridized carbons (Fsp3) is 0.478. The molecule has 5 rings (SSSR count). The number of nitrogens with one attached hydrogen (secondary N) is 1. The lowest BCUT2D eigenvalue weighted by Gasteiger charge is -2.39. The molecular formula is C23H27FN6O4. The van der Waals surface area contributed by atoms with Crippen LogP contribution in [0.25, 0.3) is 5.65 Å². The number of carbonyl (C=O) groups is 1. The van der Waals surface area contributed by atoms with E-state index in [1.165, 1.54) is 12.4 Å². The molecule has 1 fully saturated rings. The molecule has 34 heavy (non-hydrogen) atoms. The number of aromatic nitrogens is 4. The molecule has 2 aromatic heterocycles. The zero-order chi connectivity index (χ0) is 23.9. The molecule has 3 aromatic rings. The van der Waals surface area contributed by atoms with Crippen molar-refractivity contribution in [3.8, 4) is 11.5 Å². The van der Waals surface area contributed by atoms with Crippen molar-refractivity contribution in [1.29, 1.82) is 0 Å². The monoisotopic (exact) mass is 470 g/mol. The van der Waals surface area contributed by atoms with Crippen LogP contribution in [0.2, 0.25) is 0 Å². The van der Waals surface area contributed by atoms with Crippen molar-refractivity contribution in [1.82, 2.24) is 24.5 Å². The topological polar surface area (TPSA) is 103 Å². The van der Waals surface area contributed by atoms with Gasteiger partial charge in [-0.05, 0) is 32.9 Å². The average molecular weight is 471 g/mol. The summed E-state index contributed by atoms with van der Waals surface area (Å²) in [6.07, 6.45) is 3.47. The molecule has 1 saturated heterocycles. The van der Waals surface area contributed by atoms with Crippen LogP contribution >= 0.6 is 0 Å². The quantitative estimate of drug-likeness (QED) is 0.586. The van der Waals surface area contributed by atoms with Gasteiger partial charge in [-0.15, -0.1) is 10.2 Å². The van der Waals surface area contributed by atoms with E-state index in [2.05, 4.69) is 20.5 Å². The Labute approximate surface area is 196 Å². The largest absolute Gasteiger partial charge is 0.493 e. The highest BCUT2D eigenvalue weighted by atomic mass is 19.1. The summed E-state index contributed by atoms with van der Waals surface area (Å²) in [5.41, 5.74) is 1.44. The Kier molecular flexibility index (Phi) is 5.62. The van der Waals surface area contributed by atoms with Gasteiger partial charge in [-0.25, -0.2) is 18.6 Å². The van der Waals surface area contributed by atoms with Gasteiger partial charge in [0.05, 0.1) is 19.4 Å². The number of hydrogen-bond acceptors (Lipinski definition) is 8. The Hall–Kier alpha value is -3.63. The molecule has 11 heteroatoms. The van der Waals surface area contributed by atoms with Crippen LogP contribution in [0, 0.1) is 11.7 Å². The summed E-state index contributed by atoms with van der Waals surface area (Å²) >= 11 is 0. The fourth-order valence-corrected chi connectivity index (χ4v) is 4.06. The Balaban J connectivity index is 1.21. The number of amides is 1. The van der Waals surface area contributed by atoms with Gasteiger partial charge in [0, 0.05) is 43.1 Å². The lowest BCUT2D eigenvalue weighted by Crippen LogP contribution is -2.53. The van der Waals surface area contributed by atoms with Gasteiger partial charge in [0.25, 0.3) is 0 Å². The van der Waals surface area contributed by atoms with Gasteiger partial charge < -0.3 is 24.4 Å². The molecule has 1 amide bonds. The minimum atomic E-state index is -0.514. The van der Waals surface area contributed by atoms with Crippen LogP contribution in [-0.4, -0.2) is 62.5 Å². The number of hydrogen-bond donors (Lipinski definition) is 1. The summed E-state index contributed by atoms with van der Waals surface area (Å²) < 4.78 is 33.0. The number of likely N-dealkylation sites (tertiary alicyclic amines) is 1. The molecule has 0 bridgehead atoms. The molecule has 0 atom stereocenters. The predicted molar refractivity (Wildman–Crippen MR) is 120 cm³/mol. The van der Waals surface area contributed by atoms with Gasteiger partial charge in [-0.1, -0.05) is 0 Å². The zero-order valence-electron chi connectivity index (χ0n) is 19.4. The number of carbonyl (C=O) groups excluding carboxylic acids is 1. The SMILES string of the molecule is CC(C)(C)OC(=O)N1CC(COc2cnc(NCc3c(F)ccc4c3CCO4)n3cnnc23)C1. The second-order valence-electron chi connectivity index (χ2n) is 9.49. The Morgan fingerprint density at radius 1 is 1.32 bits per heavy atom. The van der Waals surface area contributed by atoms with E-state index in [1.807, 2.05) is 20.8 Å². The van der Waals surface area contributed by atoms with Crippen molar-refractivity contribution < 1.29 is 23.4 Å². The molecule has 4 heterocycles. The van der Waals surface area contributed by atoms with Gasteiger partial charge in [0.2, 0.25) is 11.6 Å².